The summed E-state index contributed by atoms with van der Waals surface area (Å²) in [5, 5.41) is 16.3. The largest absolute Gasteiger partial charge is 0.391 e. The van der Waals surface area contributed by atoms with E-state index in [4.69, 9.17) is 0 Å². The first-order valence-electron chi connectivity index (χ1n) is 6.29. The fraction of sp³-hybridized carbons (Fsp3) is 0.583. The third kappa shape index (κ3) is 2.30. The predicted octanol–water partition coefficient (Wildman–Crippen LogP) is 2.05. The van der Waals surface area contributed by atoms with E-state index in [-0.39, 0.29) is 6.10 Å². The van der Waals surface area contributed by atoms with Gasteiger partial charge in [0.05, 0.1) is 18.2 Å². The van der Waals surface area contributed by atoms with Gasteiger partial charge in [-0.25, -0.2) is 14.6 Å². The molecule has 1 N–H and O–H groups in total. The first-order valence-corrected chi connectivity index (χ1v) is 7.23. The van der Waals surface area contributed by atoms with Crippen molar-refractivity contribution in [1.82, 2.24) is 19.7 Å². The second-order valence-electron chi connectivity index (χ2n) is 4.69. The van der Waals surface area contributed by atoms with Crippen molar-refractivity contribution in [2.24, 2.45) is 0 Å². The molecule has 2 heterocycles. The fourth-order valence-corrected chi connectivity index (χ4v) is 2.37. The average molecular weight is 264 g/mol. The Morgan fingerprint density at radius 3 is 3.00 bits per heavy atom. The lowest BCUT2D eigenvalue weighted by Gasteiger charge is -2.08. The average Bonchev–Trinajstić information content (AvgIpc) is 2.92. The molecule has 0 aromatic carbocycles. The Balaban J connectivity index is 1.94. The second-order valence-corrected chi connectivity index (χ2v) is 5.40. The van der Waals surface area contributed by atoms with Crippen molar-refractivity contribution in [2.45, 2.75) is 44.8 Å². The maximum atomic E-state index is 9.79. The molecule has 1 atom stereocenters. The van der Waals surface area contributed by atoms with Gasteiger partial charge in [-0.05, 0) is 19.3 Å². The molecule has 1 aliphatic rings. The zero-order chi connectivity index (χ0) is 12.5. The van der Waals surface area contributed by atoms with Crippen molar-refractivity contribution in [3.63, 3.8) is 0 Å². The summed E-state index contributed by atoms with van der Waals surface area (Å²) in [4.78, 5) is 8.87. The summed E-state index contributed by atoms with van der Waals surface area (Å²) in [5.74, 6) is 2.20. The number of aromatic nitrogens is 4. The summed E-state index contributed by atoms with van der Waals surface area (Å²) in [6, 6.07) is 0. The van der Waals surface area contributed by atoms with Gasteiger partial charge in [0.1, 0.15) is 5.69 Å². The van der Waals surface area contributed by atoms with E-state index < -0.39 is 0 Å². The second kappa shape index (κ2) is 4.78. The van der Waals surface area contributed by atoms with Gasteiger partial charge in [0, 0.05) is 11.3 Å². The Labute approximate surface area is 110 Å². The number of aliphatic hydroxyl groups excluding tert-OH is 1. The molecule has 96 valence electrons. The molecule has 1 saturated carbocycles. The van der Waals surface area contributed by atoms with Crippen LogP contribution in [0.4, 0.5) is 0 Å². The molecule has 1 aliphatic carbocycles. The molecule has 0 amide bonds. The van der Waals surface area contributed by atoms with E-state index in [1.807, 2.05) is 12.3 Å². The predicted molar refractivity (Wildman–Crippen MR) is 69.4 cm³/mol. The zero-order valence-electron chi connectivity index (χ0n) is 10.3. The molecule has 1 fully saturated rings. The lowest BCUT2D eigenvalue weighted by molar-refractivity contribution is 0.145. The molecule has 2 aromatic rings. The quantitative estimate of drug-likeness (QED) is 0.897. The third-order valence-electron chi connectivity index (χ3n) is 3.15. The number of rotatable bonds is 5. The first-order chi connectivity index (χ1) is 8.78. The van der Waals surface area contributed by atoms with Gasteiger partial charge in [-0.15, -0.1) is 11.3 Å². The first kappa shape index (κ1) is 11.8. The molecule has 6 heteroatoms. The van der Waals surface area contributed by atoms with E-state index in [0.717, 1.165) is 23.8 Å². The molecule has 0 radical (unpaired) electrons. The van der Waals surface area contributed by atoms with Crippen LogP contribution in [0.2, 0.25) is 0 Å². The monoisotopic (exact) mass is 264 g/mol. The Morgan fingerprint density at radius 2 is 2.39 bits per heavy atom. The number of aliphatic hydroxyl groups is 1. The summed E-state index contributed by atoms with van der Waals surface area (Å²) >= 11 is 1.55. The van der Waals surface area contributed by atoms with Gasteiger partial charge >= 0.3 is 0 Å². The van der Waals surface area contributed by atoms with Crippen molar-refractivity contribution in [1.29, 1.82) is 0 Å². The van der Waals surface area contributed by atoms with Gasteiger partial charge in [0.25, 0.3) is 0 Å². The summed E-state index contributed by atoms with van der Waals surface area (Å²) in [6.45, 7) is 2.45. The lowest BCUT2D eigenvalue weighted by atomic mass is 10.3. The van der Waals surface area contributed by atoms with Crippen molar-refractivity contribution in [2.75, 3.05) is 0 Å². The topological polar surface area (TPSA) is 63.8 Å². The number of thiazole rings is 1. The fourth-order valence-electron chi connectivity index (χ4n) is 1.84. The summed E-state index contributed by atoms with van der Waals surface area (Å²) in [5.41, 5.74) is 2.64. The number of hydrogen-bond donors (Lipinski definition) is 1. The van der Waals surface area contributed by atoms with Crippen LogP contribution in [0, 0.1) is 0 Å². The van der Waals surface area contributed by atoms with Crippen LogP contribution in [0.5, 0.6) is 0 Å². The van der Waals surface area contributed by atoms with Crippen LogP contribution in [0.3, 0.4) is 0 Å². The van der Waals surface area contributed by atoms with Crippen LogP contribution in [-0.4, -0.2) is 31.0 Å². The maximum Gasteiger partial charge on any atom is 0.178 e. The van der Waals surface area contributed by atoms with Crippen LogP contribution >= 0.6 is 11.3 Å². The highest BCUT2D eigenvalue weighted by Gasteiger charge is 2.29. The highest BCUT2D eigenvalue weighted by Crippen LogP contribution is 2.38. The van der Waals surface area contributed by atoms with E-state index in [2.05, 4.69) is 15.1 Å². The molecule has 0 aliphatic heterocycles. The number of hydrogen-bond acceptors (Lipinski definition) is 5. The summed E-state index contributed by atoms with van der Waals surface area (Å²) < 4.78 is 1.80. The highest BCUT2D eigenvalue weighted by molar-refractivity contribution is 7.07. The normalized spacial score (nSPS) is 17.0. The van der Waals surface area contributed by atoms with E-state index in [0.29, 0.717) is 12.5 Å². The van der Waals surface area contributed by atoms with E-state index in [1.165, 1.54) is 12.8 Å². The van der Waals surface area contributed by atoms with Gasteiger partial charge in [0.15, 0.2) is 11.6 Å². The van der Waals surface area contributed by atoms with Gasteiger partial charge in [0.2, 0.25) is 0 Å². The Hall–Kier alpha value is -1.27. The van der Waals surface area contributed by atoms with Gasteiger partial charge in [-0.3, -0.25) is 0 Å². The molecule has 0 unspecified atom stereocenters. The smallest absolute Gasteiger partial charge is 0.178 e. The van der Waals surface area contributed by atoms with Crippen molar-refractivity contribution in [3.8, 4) is 11.5 Å². The molecule has 0 saturated heterocycles. The minimum atomic E-state index is -0.379. The Kier molecular flexibility index (Phi) is 3.13. The minimum Gasteiger partial charge on any atom is -0.391 e. The molecule has 0 bridgehead atoms. The van der Waals surface area contributed by atoms with Gasteiger partial charge in [-0.2, -0.15) is 5.10 Å². The van der Waals surface area contributed by atoms with Crippen molar-refractivity contribution < 1.29 is 5.11 Å². The minimum absolute atomic E-state index is 0.379. The van der Waals surface area contributed by atoms with Crippen LogP contribution in [0.15, 0.2) is 10.9 Å². The van der Waals surface area contributed by atoms with E-state index in [9.17, 15) is 5.11 Å². The van der Waals surface area contributed by atoms with Crippen LogP contribution < -0.4 is 0 Å². The SMILES string of the molecule is CC[C@H](O)Cn1nc(C2CC2)nc1-c1cscn1. The standard InChI is InChI=1S/C12H16N4OS/c1-2-9(17)5-16-12(10-6-18-7-13-10)14-11(15-16)8-3-4-8/h6-9,17H,2-5H2,1H3/t9-/m0/s1. The molecule has 5 nitrogen and oxygen atoms in total. The van der Waals surface area contributed by atoms with Gasteiger partial charge in [-0.1, -0.05) is 6.92 Å². The zero-order valence-corrected chi connectivity index (χ0v) is 11.1. The maximum absolute atomic E-state index is 9.79. The molecule has 18 heavy (non-hydrogen) atoms. The molecular formula is C12H16N4OS. The molecule has 0 spiro atoms. The Bertz CT molecular complexity index is 518. The summed E-state index contributed by atoms with van der Waals surface area (Å²) in [7, 11) is 0. The molecular weight excluding hydrogens is 248 g/mol. The molecule has 2 aromatic heterocycles. The van der Waals surface area contributed by atoms with Crippen LogP contribution in [0.25, 0.3) is 11.5 Å². The summed E-state index contributed by atoms with van der Waals surface area (Å²) in [6.07, 6.45) is 2.69. The third-order valence-corrected chi connectivity index (χ3v) is 3.73. The van der Waals surface area contributed by atoms with Crippen molar-refractivity contribution in [3.05, 3.63) is 16.7 Å². The molecule has 3 rings (SSSR count). The van der Waals surface area contributed by atoms with Crippen molar-refractivity contribution >= 4 is 11.3 Å². The Morgan fingerprint density at radius 1 is 1.56 bits per heavy atom. The van der Waals surface area contributed by atoms with Crippen LogP contribution in [0.1, 0.15) is 37.9 Å². The van der Waals surface area contributed by atoms with Gasteiger partial charge < -0.3 is 5.11 Å². The van der Waals surface area contributed by atoms with Crippen LogP contribution in [-0.2, 0) is 6.54 Å². The number of nitrogens with zero attached hydrogens (tertiary/aromatic N) is 4. The highest BCUT2D eigenvalue weighted by atomic mass is 32.1. The van der Waals surface area contributed by atoms with E-state index in [1.54, 1.807) is 21.5 Å². The van der Waals surface area contributed by atoms with E-state index >= 15 is 0 Å². The lowest BCUT2D eigenvalue weighted by Crippen LogP contribution is -2.16.